The van der Waals surface area contributed by atoms with Gasteiger partial charge in [-0.25, -0.2) is 4.98 Å². The third kappa shape index (κ3) is 4.53. The van der Waals surface area contributed by atoms with Crippen LogP contribution in [0.1, 0.15) is 30.8 Å². The number of amides is 1. The summed E-state index contributed by atoms with van der Waals surface area (Å²) < 4.78 is 4.60. The lowest BCUT2D eigenvalue weighted by Crippen LogP contribution is -2.37. The van der Waals surface area contributed by atoms with Gasteiger partial charge in [0.1, 0.15) is 0 Å². The second-order valence-corrected chi connectivity index (χ2v) is 4.91. The van der Waals surface area contributed by atoms with Gasteiger partial charge in [-0.2, -0.15) is 0 Å². The van der Waals surface area contributed by atoms with E-state index in [0.29, 0.717) is 18.8 Å². The largest absolute Gasteiger partial charge is 0.469 e. The number of nitrogens with zero attached hydrogens (tertiary/aromatic N) is 2. The molecule has 0 saturated carbocycles. The average Bonchev–Trinajstić information content (AvgIpc) is 2.42. The summed E-state index contributed by atoms with van der Waals surface area (Å²) in [5.74, 6) is -0.331. The van der Waals surface area contributed by atoms with E-state index in [1.54, 1.807) is 17.0 Å². The molecule has 0 spiro atoms. The van der Waals surface area contributed by atoms with Crippen LogP contribution < -0.4 is 5.73 Å². The van der Waals surface area contributed by atoms with Crippen molar-refractivity contribution >= 4 is 17.6 Å². The van der Waals surface area contributed by atoms with E-state index < -0.39 is 0 Å². The maximum Gasteiger partial charge on any atom is 0.307 e. The first-order valence-corrected chi connectivity index (χ1v) is 6.52. The Morgan fingerprint density at radius 2 is 2.15 bits per heavy atom. The summed E-state index contributed by atoms with van der Waals surface area (Å²) in [6.07, 6.45) is 1.68. The molecule has 20 heavy (non-hydrogen) atoms. The summed E-state index contributed by atoms with van der Waals surface area (Å²) in [6.45, 7) is 4.83. The second kappa shape index (κ2) is 7.47. The van der Waals surface area contributed by atoms with Gasteiger partial charge in [-0.15, -0.1) is 0 Å². The highest BCUT2D eigenvalue weighted by Gasteiger charge is 2.21. The predicted molar refractivity (Wildman–Crippen MR) is 76.0 cm³/mol. The molecule has 0 aromatic carbocycles. The SMILES string of the molecule is COC(=O)CCN(CC(C)C)C(=O)c1ncccc1N. The van der Waals surface area contributed by atoms with Crippen molar-refractivity contribution in [2.45, 2.75) is 20.3 Å². The first-order valence-electron chi connectivity index (χ1n) is 6.52. The van der Waals surface area contributed by atoms with Crippen LogP contribution in [0.3, 0.4) is 0 Å². The molecule has 1 aromatic rings. The molecule has 6 heteroatoms. The molecule has 1 rings (SSSR count). The number of hydrogen-bond acceptors (Lipinski definition) is 5. The summed E-state index contributed by atoms with van der Waals surface area (Å²) in [7, 11) is 1.33. The number of pyridine rings is 1. The van der Waals surface area contributed by atoms with E-state index in [1.165, 1.54) is 13.3 Å². The van der Waals surface area contributed by atoms with Crippen LogP contribution in [0.25, 0.3) is 0 Å². The number of carbonyl (C=O) groups is 2. The Kier molecular flexibility index (Phi) is 5.96. The molecule has 0 aliphatic carbocycles. The van der Waals surface area contributed by atoms with Gasteiger partial charge >= 0.3 is 5.97 Å². The number of rotatable bonds is 6. The maximum atomic E-state index is 12.4. The number of nitrogen functional groups attached to an aromatic ring is 1. The molecule has 6 nitrogen and oxygen atoms in total. The van der Waals surface area contributed by atoms with Gasteiger partial charge in [0, 0.05) is 19.3 Å². The molecule has 0 aliphatic heterocycles. The quantitative estimate of drug-likeness (QED) is 0.794. The van der Waals surface area contributed by atoms with Crippen LogP contribution in [0.4, 0.5) is 5.69 Å². The number of hydrogen-bond donors (Lipinski definition) is 1. The van der Waals surface area contributed by atoms with Crippen LogP contribution in [-0.2, 0) is 9.53 Å². The third-order valence-electron chi connectivity index (χ3n) is 2.73. The standard InChI is InChI=1S/C14H21N3O3/c1-10(2)9-17(8-6-12(18)20-3)14(19)13-11(15)5-4-7-16-13/h4-5,7,10H,6,8-9,15H2,1-3H3. The van der Waals surface area contributed by atoms with Crippen LogP contribution in [0.15, 0.2) is 18.3 Å². The molecule has 0 atom stereocenters. The Labute approximate surface area is 118 Å². The van der Waals surface area contributed by atoms with Gasteiger partial charge in [0.15, 0.2) is 5.69 Å². The van der Waals surface area contributed by atoms with E-state index in [4.69, 9.17) is 5.73 Å². The zero-order chi connectivity index (χ0) is 15.1. The minimum absolute atomic E-state index is 0.154. The summed E-state index contributed by atoms with van der Waals surface area (Å²) in [4.78, 5) is 29.3. The smallest absolute Gasteiger partial charge is 0.307 e. The number of aromatic nitrogens is 1. The fourth-order valence-corrected chi connectivity index (χ4v) is 1.79. The number of anilines is 1. The molecular formula is C14H21N3O3. The average molecular weight is 279 g/mol. The molecule has 0 radical (unpaired) electrons. The second-order valence-electron chi connectivity index (χ2n) is 4.91. The fourth-order valence-electron chi connectivity index (χ4n) is 1.79. The molecule has 0 bridgehead atoms. The molecule has 0 fully saturated rings. The fraction of sp³-hybridized carbons (Fsp3) is 0.500. The molecule has 2 N–H and O–H groups in total. The summed E-state index contributed by atoms with van der Waals surface area (Å²) >= 11 is 0. The first kappa shape index (κ1) is 15.9. The summed E-state index contributed by atoms with van der Waals surface area (Å²) in [6, 6.07) is 3.31. The first-order chi connectivity index (χ1) is 9.45. The predicted octanol–water partition coefficient (Wildman–Crippen LogP) is 1.33. The van der Waals surface area contributed by atoms with E-state index in [9.17, 15) is 9.59 Å². The third-order valence-corrected chi connectivity index (χ3v) is 2.73. The van der Waals surface area contributed by atoms with Crippen LogP contribution in [0.5, 0.6) is 0 Å². The molecule has 1 heterocycles. The molecule has 0 saturated heterocycles. The molecule has 0 aliphatic rings. The number of nitrogens with two attached hydrogens (primary N) is 1. The van der Waals surface area contributed by atoms with Crippen molar-refractivity contribution in [2.75, 3.05) is 25.9 Å². The molecule has 1 aromatic heterocycles. The van der Waals surface area contributed by atoms with Gasteiger partial charge in [0.2, 0.25) is 0 Å². The summed E-state index contributed by atoms with van der Waals surface area (Å²) in [5.41, 5.74) is 6.33. The van der Waals surface area contributed by atoms with Crippen molar-refractivity contribution in [1.29, 1.82) is 0 Å². The number of ether oxygens (including phenoxy) is 1. The number of methoxy groups -OCH3 is 1. The van der Waals surface area contributed by atoms with E-state index in [1.807, 2.05) is 13.8 Å². The van der Waals surface area contributed by atoms with Crippen LogP contribution in [-0.4, -0.2) is 42.0 Å². The number of esters is 1. The lowest BCUT2D eigenvalue weighted by atomic mass is 10.1. The normalized spacial score (nSPS) is 10.4. The number of carbonyl (C=O) groups excluding carboxylic acids is 2. The van der Waals surface area contributed by atoms with Crippen molar-refractivity contribution < 1.29 is 14.3 Å². The van der Waals surface area contributed by atoms with Crippen molar-refractivity contribution in [3.05, 3.63) is 24.0 Å². The lowest BCUT2D eigenvalue weighted by Gasteiger charge is -2.24. The Balaban J connectivity index is 2.84. The van der Waals surface area contributed by atoms with Crippen LogP contribution in [0.2, 0.25) is 0 Å². The molecule has 1 amide bonds. The molecular weight excluding hydrogens is 258 g/mol. The van der Waals surface area contributed by atoms with Gasteiger partial charge in [-0.1, -0.05) is 13.8 Å². The van der Waals surface area contributed by atoms with Gasteiger partial charge in [0.25, 0.3) is 5.91 Å². The van der Waals surface area contributed by atoms with Gasteiger partial charge in [0.05, 0.1) is 19.2 Å². The minimum atomic E-state index is -0.347. The Morgan fingerprint density at radius 1 is 1.45 bits per heavy atom. The molecule has 0 unspecified atom stereocenters. The Bertz CT molecular complexity index is 474. The van der Waals surface area contributed by atoms with E-state index >= 15 is 0 Å². The topological polar surface area (TPSA) is 85.5 Å². The highest BCUT2D eigenvalue weighted by molar-refractivity contribution is 5.97. The zero-order valence-electron chi connectivity index (χ0n) is 12.1. The highest BCUT2D eigenvalue weighted by Crippen LogP contribution is 2.12. The van der Waals surface area contributed by atoms with Crippen LogP contribution >= 0.6 is 0 Å². The zero-order valence-corrected chi connectivity index (χ0v) is 12.1. The summed E-state index contributed by atoms with van der Waals surface area (Å²) in [5, 5.41) is 0. The highest BCUT2D eigenvalue weighted by atomic mass is 16.5. The van der Waals surface area contributed by atoms with Crippen LogP contribution in [0, 0.1) is 5.92 Å². The Morgan fingerprint density at radius 3 is 2.70 bits per heavy atom. The molecule has 110 valence electrons. The van der Waals surface area contributed by atoms with Crippen molar-refractivity contribution in [3.8, 4) is 0 Å². The van der Waals surface area contributed by atoms with Gasteiger partial charge in [-0.3, -0.25) is 9.59 Å². The minimum Gasteiger partial charge on any atom is -0.469 e. The van der Waals surface area contributed by atoms with E-state index in [-0.39, 0.29) is 29.9 Å². The van der Waals surface area contributed by atoms with Gasteiger partial charge < -0.3 is 15.4 Å². The van der Waals surface area contributed by atoms with E-state index in [2.05, 4.69) is 9.72 Å². The van der Waals surface area contributed by atoms with E-state index in [0.717, 1.165) is 0 Å². The monoisotopic (exact) mass is 279 g/mol. The Hall–Kier alpha value is -2.11. The maximum absolute atomic E-state index is 12.4. The van der Waals surface area contributed by atoms with Crippen molar-refractivity contribution in [2.24, 2.45) is 5.92 Å². The lowest BCUT2D eigenvalue weighted by molar-refractivity contribution is -0.140. The van der Waals surface area contributed by atoms with Gasteiger partial charge in [-0.05, 0) is 18.1 Å². The van der Waals surface area contributed by atoms with Crippen molar-refractivity contribution in [1.82, 2.24) is 9.88 Å². The van der Waals surface area contributed by atoms with Crippen molar-refractivity contribution in [3.63, 3.8) is 0 Å².